The minimum Gasteiger partial charge on any atom is -0.104 e. The fourth-order valence-corrected chi connectivity index (χ4v) is 0. The van der Waals surface area contributed by atoms with E-state index < -0.39 is 0 Å². The second kappa shape index (κ2) is 2.13. The summed E-state index contributed by atoms with van der Waals surface area (Å²) >= 11 is 0. The van der Waals surface area contributed by atoms with Crippen LogP contribution in [-0.4, -0.2) is 15.7 Å². The normalized spacial score (nSPS) is 8.20. The van der Waals surface area contributed by atoms with Crippen LogP contribution in [0.15, 0.2) is 12.7 Å². The van der Waals surface area contributed by atoms with Crippen molar-refractivity contribution in [1.29, 1.82) is 0 Å². The molecule has 0 aromatic heterocycles. The lowest BCUT2D eigenvalue weighted by molar-refractivity contribution is 1.60. The van der Waals surface area contributed by atoms with E-state index in [2.05, 4.69) is 22.3 Å². The summed E-state index contributed by atoms with van der Waals surface area (Å²) in [6.07, 6.45) is 1.92. The Morgan fingerprint density at radius 2 is 1.80 bits per heavy atom. The van der Waals surface area contributed by atoms with E-state index in [0.29, 0.717) is 5.72 Å². The van der Waals surface area contributed by atoms with Crippen molar-refractivity contribution in [2.45, 2.75) is 5.72 Å². The summed E-state index contributed by atoms with van der Waals surface area (Å²) in [4.78, 5) is 0. The molecule has 0 aromatic carbocycles. The van der Waals surface area contributed by atoms with Gasteiger partial charge in [-0.1, -0.05) is 5.72 Å². The zero-order valence-electron chi connectivity index (χ0n) is 3.86. The van der Waals surface area contributed by atoms with Gasteiger partial charge in [-0.2, -0.15) is 0 Å². The molecule has 0 radical (unpaired) electrons. The maximum absolute atomic E-state index is 3.56. The molecule has 26 valence electrons. The third kappa shape index (κ3) is 3.87. The van der Waals surface area contributed by atoms with Crippen molar-refractivity contribution in [3.63, 3.8) is 0 Å². The first-order chi connectivity index (χ1) is 2.27. The Kier molecular flexibility index (Phi) is 2.07. The second-order valence-electron chi connectivity index (χ2n) is 1.48. The maximum Gasteiger partial charge on any atom is 0.0999 e. The second-order valence-corrected chi connectivity index (χ2v) is 1.48. The molecule has 0 aliphatic rings. The molecule has 5 heavy (non-hydrogen) atoms. The minimum atomic E-state index is 0.648. The van der Waals surface area contributed by atoms with Gasteiger partial charge in [0.2, 0.25) is 0 Å². The van der Waals surface area contributed by atoms with Gasteiger partial charge in [0.1, 0.15) is 0 Å². The first-order valence-electron chi connectivity index (χ1n) is 1.90. The average molecular weight is 65.7 g/mol. The molecule has 0 atom stereocenters. The summed E-state index contributed by atoms with van der Waals surface area (Å²) in [6.45, 7) is 3.56. The van der Waals surface area contributed by atoms with E-state index in [9.17, 15) is 0 Å². The van der Waals surface area contributed by atoms with Gasteiger partial charge in [-0.15, -0.1) is 12.7 Å². The van der Waals surface area contributed by atoms with E-state index in [1.807, 2.05) is 6.08 Å². The predicted molar refractivity (Wildman–Crippen MR) is 31.0 cm³/mol. The molecule has 0 nitrogen and oxygen atoms in total. The molecule has 0 rings (SSSR count). The molecule has 0 aromatic rings. The largest absolute Gasteiger partial charge is 0.104 e. The molecule has 0 saturated heterocycles. The highest BCUT2D eigenvalue weighted by molar-refractivity contribution is 6.36. The van der Waals surface area contributed by atoms with Crippen LogP contribution >= 0.6 is 0 Å². The Morgan fingerprint density at radius 3 is 1.80 bits per heavy atom. The van der Waals surface area contributed by atoms with Crippen molar-refractivity contribution in [1.82, 2.24) is 0 Å². The SMILES string of the molecule is BC(B)C=C. The Bertz CT molecular complexity index is 31.9. The van der Waals surface area contributed by atoms with Crippen molar-refractivity contribution in [3.05, 3.63) is 12.7 Å². The summed E-state index contributed by atoms with van der Waals surface area (Å²) in [5.41, 5.74) is 0.648. The van der Waals surface area contributed by atoms with Crippen molar-refractivity contribution < 1.29 is 0 Å². The molecule has 0 aliphatic carbocycles. The third-order valence-corrected chi connectivity index (χ3v) is 0.471. The fourth-order valence-electron chi connectivity index (χ4n) is 0. The monoisotopic (exact) mass is 66.1 g/mol. The molecular formula is C3H8B2. The zero-order valence-corrected chi connectivity index (χ0v) is 3.86. The van der Waals surface area contributed by atoms with E-state index in [4.69, 9.17) is 0 Å². The number of allylic oxidation sites excluding steroid dienone is 1. The summed E-state index contributed by atoms with van der Waals surface area (Å²) in [6, 6.07) is 0. The molecule has 0 spiro atoms. The first kappa shape index (κ1) is 4.87. The van der Waals surface area contributed by atoms with Crippen molar-refractivity contribution in [3.8, 4) is 0 Å². The Hall–Kier alpha value is -0.130. The van der Waals surface area contributed by atoms with Crippen LogP contribution in [0.3, 0.4) is 0 Å². The first-order valence-corrected chi connectivity index (χ1v) is 1.90. The lowest BCUT2D eigenvalue weighted by Gasteiger charge is -1.82. The highest BCUT2D eigenvalue weighted by Gasteiger charge is 1.76. The van der Waals surface area contributed by atoms with Crippen molar-refractivity contribution >= 4 is 15.7 Å². The van der Waals surface area contributed by atoms with Gasteiger partial charge in [-0.25, -0.2) is 0 Å². The van der Waals surface area contributed by atoms with E-state index in [0.717, 1.165) is 0 Å². The summed E-state index contributed by atoms with van der Waals surface area (Å²) < 4.78 is 0. The van der Waals surface area contributed by atoms with Crippen LogP contribution in [0.5, 0.6) is 0 Å². The van der Waals surface area contributed by atoms with E-state index >= 15 is 0 Å². The molecule has 0 N–H and O–H groups in total. The van der Waals surface area contributed by atoms with Crippen LogP contribution in [0.25, 0.3) is 0 Å². The van der Waals surface area contributed by atoms with Gasteiger partial charge < -0.3 is 0 Å². The van der Waals surface area contributed by atoms with Crippen LogP contribution in [-0.2, 0) is 0 Å². The van der Waals surface area contributed by atoms with Crippen LogP contribution in [0.2, 0.25) is 5.72 Å². The summed E-state index contributed by atoms with van der Waals surface area (Å²) in [7, 11) is 4.21. The van der Waals surface area contributed by atoms with Gasteiger partial charge in [0.25, 0.3) is 0 Å². The van der Waals surface area contributed by atoms with Crippen LogP contribution < -0.4 is 0 Å². The van der Waals surface area contributed by atoms with Crippen molar-refractivity contribution in [2.24, 2.45) is 0 Å². The Balaban J connectivity index is 2.83. The Morgan fingerprint density at radius 1 is 1.60 bits per heavy atom. The maximum atomic E-state index is 3.56. The number of rotatable bonds is 1. The summed E-state index contributed by atoms with van der Waals surface area (Å²) in [5.74, 6) is 0. The smallest absolute Gasteiger partial charge is 0.0999 e. The van der Waals surface area contributed by atoms with Crippen molar-refractivity contribution in [2.75, 3.05) is 0 Å². The highest BCUT2D eigenvalue weighted by atomic mass is 13.6. The van der Waals surface area contributed by atoms with Gasteiger partial charge >= 0.3 is 0 Å². The van der Waals surface area contributed by atoms with E-state index in [1.54, 1.807) is 0 Å². The van der Waals surface area contributed by atoms with Gasteiger partial charge in [-0.05, 0) is 0 Å². The molecule has 0 bridgehead atoms. The van der Waals surface area contributed by atoms with Crippen LogP contribution in [0.1, 0.15) is 0 Å². The fraction of sp³-hybridized carbons (Fsp3) is 0.333. The van der Waals surface area contributed by atoms with Gasteiger partial charge in [-0.3, -0.25) is 0 Å². The highest BCUT2D eigenvalue weighted by Crippen LogP contribution is 1.84. The van der Waals surface area contributed by atoms with E-state index in [1.165, 1.54) is 0 Å². The minimum absolute atomic E-state index is 0.648. The Labute approximate surface area is 35.1 Å². The molecule has 0 amide bonds. The average Bonchev–Trinajstić information content (AvgIpc) is 1.38. The molecule has 0 unspecified atom stereocenters. The molecule has 0 aliphatic heterocycles. The van der Waals surface area contributed by atoms with Crippen LogP contribution in [0, 0.1) is 0 Å². The third-order valence-electron chi connectivity index (χ3n) is 0.471. The predicted octanol–water partition coefficient (Wildman–Crippen LogP) is -0.815. The zero-order chi connectivity index (χ0) is 4.28. The molecular weight excluding hydrogens is 57.7 g/mol. The summed E-state index contributed by atoms with van der Waals surface area (Å²) in [5, 5.41) is 0. The topological polar surface area (TPSA) is 0 Å². The lowest BCUT2D eigenvalue weighted by Crippen LogP contribution is -1.79. The quantitative estimate of drug-likeness (QED) is 0.277. The molecule has 0 saturated carbocycles. The molecule has 2 heteroatoms. The van der Waals surface area contributed by atoms with Gasteiger partial charge in [0.05, 0.1) is 15.7 Å². The standard InChI is InChI=1S/C3H8B2/c1-2-3(4)5/h2-3H,1,4-5H2. The van der Waals surface area contributed by atoms with Gasteiger partial charge in [0, 0.05) is 0 Å². The number of hydrogen-bond donors (Lipinski definition) is 0. The van der Waals surface area contributed by atoms with E-state index in [-0.39, 0.29) is 0 Å². The lowest BCUT2D eigenvalue weighted by atomic mass is 9.71. The molecule has 0 fully saturated rings. The molecule has 0 heterocycles. The van der Waals surface area contributed by atoms with Crippen LogP contribution in [0.4, 0.5) is 0 Å². The number of hydrogen-bond acceptors (Lipinski definition) is 0. The van der Waals surface area contributed by atoms with Gasteiger partial charge in [0.15, 0.2) is 0 Å².